The van der Waals surface area contributed by atoms with Gasteiger partial charge in [-0.05, 0) is 44.9 Å². The molecular formula is C25H42N2O5. The molecule has 0 aromatic heterocycles. The van der Waals surface area contributed by atoms with Crippen LogP contribution in [0.5, 0.6) is 0 Å². The normalized spacial score (nSPS) is 26.8. The third-order valence-corrected chi connectivity index (χ3v) is 6.70. The van der Waals surface area contributed by atoms with Gasteiger partial charge in [-0.2, -0.15) is 0 Å². The highest BCUT2D eigenvalue weighted by Crippen LogP contribution is 2.45. The van der Waals surface area contributed by atoms with E-state index in [1.807, 2.05) is 12.2 Å². The van der Waals surface area contributed by atoms with E-state index in [9.17, 15) is 14.4 Å². The molecule has 0 bridgehead atoms. The van der Waals surface area contributed by atoms with Crippen molar-refractivity contribution < 1.29 is 24.2 Å². The lowest BCUT2D eigenvalue weighted by Crippen LogP contribution is -2.47. The Morgan fingerprint density at radius 3 is 2.50 bits per heavy atom. The summed E-state index contributed by atoms with van der Waals surface area (Å²) in [5, 5.41) is 12.1. The van der Waals surface area contributed by atoms with Crippen molar-refractivity contribution in [1.82, 2.24) is 10.2 Å². The first-order valence-corrected chi connectivity index (χ1v) is 12.6. The van der Waals surface area contributed by atoms with Gasteiger partial charge in [0, 0.05) is 25.6 Å². The molecule has 0 aromatic rings. The zero-order valence-electron chi connectivity index (χ0n) is 20.1. The van der Waals surface area contributed by atoms with E-state index in [1.54, 1.807) is 11.8 Å². The number of amides is 2. The molecule has 7 heteroatoms. The van der Waals surface area contributed by atoms with Gasteiger partial charge in [0.15, 0.2) is 0 Å². The van der Waals surface area contributed by atoms with Crippen molar-refractivity contribution >= 4 is 17.8 Å². The second-order valence-electron chi connectivity index (χ2n) is 8.98. The van der Waals surface area contributed by atoms with Crippen LogP contribution in [0.2, 0.25) is 0 Å². The molecule has 7 nitrogen and oxygen atoms in total. The lowest BCUT2D eigenvalue weighted by molar-refractivity contribution is -0.155. The molecule has 2 amide bonds. The van der Waals surface area contributed by atoms with Crippen LogP contribution >= 0.6 is 0 Å². The number of carbonyl (C=O) groups excluding carboxylic acids is 3. The van der Waals surface area contributed by atoms with E-state index >= 15 is 0 Å². The van der Waals surface area contributed by atoms with Gasteiger partial charge >= 0.3 is 5.97 Å². The van der Waals surface area contributed by atoms with Gasteiger partial charge < -0.3 is 20.1 Å². The Hall–Kier alpha value is -1.89. The number of ether oxygens (including phenoxy) is 1. The van der Waals surface area contributed by atoms with E-state index in [0.29, 0.717) is 19.5 Å². The number of hydrogen-bond donors (Lipinski definition) is 2. The van der Waals surface area contributed by atoms with Gasteiger partial charge in [-0.25, -0.2) is 0 Å². The maximum absolute atomic E-state index is 13.6. The highest BCUT2D eigenvalue weighted by Gasteiger charge is 2.57. The van der Waals surface area contributed by atoms with Crippen molar-refractivity contribution in [2.24, 2.45) is 23.7 Å². The number of aliphatic hydroxyl groups is 1. The van der Waals surface area contributed by atoms with E-state index in [2.05, 4.69) is 19.2 Å². The van der Waals surface area contributed by atoms with Crippen LogP contribution < -0.4 is 5.32 Å². The largest absolute Gasteiger partial charge is 0.466 e. The van der Waals surface area contributed by atoms with Crippen molar-refractivity contribution in [3.05, 3.63) is 12.2 Å². The van der Waals surface area contributed by atoms with Gasteiger partial charge in [-0.1, -0.05) is 45.3 Å². The number of fused-ring (bicyclic) bond motifs is 1. The second kappa shape index (κ2) is 13.6. The van der Waals surface area contributed by atoms with Crippen molar-refractivity contribution in [3.63, 3.8) is 0 Å². The quantitative estimate of drug-likeness (QED) is 0.241. The molecule has 0 aromatic carbocycles. The third-order valence-electron chi connectivity index (χ3n) is 6.70. The molecule has 1 aliphatic carbocycles. The summed E-state index contributed by atoms with van der Waals surface area (Å²) in [6, 6.07) is -0.598. The van der Waals surface area contributed by atoms with Gasteiger partial charge in [-0.3, -0.25) is 14.4 Å². The molecule has 2 aliphatic rings. The van der Waals surface area contributed by atoms with Crippen molar-refractivity contribution in [1.29, 1.82) is 0 Å². The number of allylic oxidation sites excluding steroid dienone is 1. The molecule has 1 heterocycles. The van der Waals surface area contributed by atoms with Crippen molar-refractivity contribution in [2.45, 2.75) is 78.2 Å². The summed E-state index contributed by atoms with van der Waals surface area (Å²) in [5.74, 6) is -2.06. The average Bonchev–Trinajstić information content (AvgIpc) is 3.06. The first-order chi connectivity index (χ1) is 15.5. The minimum atomic E-state index is -0.598. The third kappa shape index (κ3) is 6.33. The molecule has 0 radical (unpaired) electrons. The van der Waals surface area contributed by atoms with Gasteiger partial charge in [0.1, 0.15) is 6.04 Å². The van der Waals surface area contributed by atoms with Crippen LogP contribution in [-0.4, -0.2) is 60.1 Å². The maximum Gasteiger partial charge on any atom is 0.310 e. The number of esters is 1. The SMILES string of the molecule is CCCCCNC(=O)[C@@H]1[C@H]2C=C[C@@H](CCC)[C@@H](C(=O)OCC)[C@H]2C(=O)N1CCCCCO. The predicted molar refractivity (Wildman–Crippen MR) is 124 cm³/mol. The summed E-state index contributed by atoms with van der Waals surface area (Å²) in [7, 11) is 0. The van der Waals surface area contributed by atoms with Crippen LogP contribution in [0.4, 0.5) is 0 Å². The highest BCUT2D eigenvalue weighted by molar-refractivity contribution is 5.96. The lowest BCUT2D eigenvalue weighted by Gasteiger charge is -2.33. The van der Waals surface area contributed by atoms with Crippen LogP contribution in [0, 0.1) is 23.7 Å². The Morgan fingerprint density at radius 1 is 1.06 bits per heavy atom. The number of rotatable bonds is 14. The summed E-state index contributed by atoms with van der Waals surface area (Å²) >= 11 is 0. The maximum atomic E-state index is 13.6. The molecule has 5 atom stereocenters. The van der Waals surface area contributed by atoms with Gasteiger partial charge in [0.05, 0.1) is 18.4 Å². The Balaban J connectivity index is 2.30. The minimum Gasteiger partial charge on any atom is -0.466 e. The van der Waals surface area contributed by atoms with E-state index in [0.717, 1.165) is 44.9 Å². The predicted octanol–water partition coefficient (Wildman–Crippen LogP) is 3.06. The average molecular weight is 451 g/mol. The molecule has 0 spiro atoms. The number of nitrogens with zero attached hydrogens (tertiary/aromatic N) is 1. The van der Waals surface area contributed by atoms with Gasteiger partial charge in [0.2, 0.25) is 11.8 Å². The zero-order valence-corrected chi connectivity index (χ0v) is 20.1. The van der Waals surface area contributed by atoms with Crippen LogP contribution in [0.25, 0.3) is 0 Å². The molecule has 1 fully saturated rings. The molecule has 0 unspecified atom stereocenters. The standard InChI is InChI=1S/C25H42N2O5/c1-4-7-9-15-26-23(29)22-19-14-13-18(12-5-2)20(25(31)32-6-3)21(19)24(30)27(22)16-10-8-11-17-28/h13-14,18-22,28H,4-12,15-17H2,1-3H3,(H,26,29)/t18-,19+,20-,21+,22+/m1/s1. The topological polar surface area (TPSA) is 95.9 Å². The lowest BCUT2D eigenvalue weighted by atomic mass is 9.69. The molecule has 0 saturated carbocycles. The number of nitrogens with one attached hydrogen (secondary N) is 1. The summed E-state index contributed by atoms with van der Waals surface area (Å²) in [6.45, 7) is 7.41. The number of hydrogen-bond acceptors (Lipinski definition) is 5. The van der Waals surface area contributed by atoms with Gasteiger partial charge in [-0.15, -0.1) is 0 Å². The van der Waals surface area contributed by atoms with Crippen molar-refractivity contribution in [2.75, 3.05) is 26.3 Å². The Bertz CT molecular complexity index is 650. The fourth-order valence-corrected chi connectivity index (χ4v) is 5.17. The van der Waals surface area contributed by atoms with Crippen molar-refractivity contribution in [3.8, 4) is 0 Å². The minimum absolute atomic E-state index is 0.0492. The van der Waals surface area contributed by atoms with Crippen LogP contribution in [0.1, 0.15) is 72.1 Å². The fourth-order valence-electron chi connectivity index (χ4n) is 5.17. The zero-order chi connectivity index (χ0) is 23.5. The number of aliphatic hydroxyl groups excluding tert-OH is 1. The molecule has 182 valence electrons. The van der Waals surface area contributed by atoms with Crippen LogP contribution in [0.15, 0.2) is 12.2 Å². The van der Waals surface area contributed by atoms with Crippen LogP contribution in [0.3, 0.4) is 0 Å². The summed E-state index contributed by atoms with van der Waals surface area (Å²) < 4.78 is 5.38. The van der Waals surface area contributed by atoms with Gasteiger partial charge in [0.25, 0.3) is 0 Å². The molecule has 32 heavy (non-hydrogen) atoms. The molecule has 2 rings (SSSR count). The number of unbranched alkanes of at least 4 members (excludes halogenated alkanes) is 4. The summed E-state index contributed by atoms with van der Waals surface area (Å²) in [6.07, 6.45) is 11.0. The highest BCUT2D eigenvalue weighted by atomic mass is 16.5. The summed E-state index contributed by atoms with van der Waals surface area (Å²) in [5.41, 5.74) is 0. The first-order valence-electron chi connectivity index (χ1n) is 12.6. The van der Waals surface area contributed by atoms with E-state index in [1.165, 1.54) is 0 Å². The van der Waals surface area contributed by atoms with E-state index in [-0.39, 0.29) is 42.8 Å². The molecule has 1 saturated heterocycles. The second-order valence-corrected chi connectivity index (χ2v) is 8.98. The van der Waals surface area contributed by atoms with E-state index in [4.69, 9.17) is 9.84 Å². The number of carbonyl (C=O) groups is 3. The smallest absolute Gasteiger partial charge is 0.310 e. The Labute approximate surface area is 192 Å². The first kappa shape index (κ1) is 26.4. The molecule has 1 aliphatic heterocycles. The van der Waals surface area contributed by atoms with Crippen LogP contribution in [-0.2, 0) is 19.1 Å². The monoisotopic (exact) mass is 450 g/mol. The summed E-state index contributed by atoms with van der Waals surface area (Å²) in [4.78, 5) is 41.5. The molecule has 2 N–H and O–H groups in total. The Kier molecular flexibility index (Phi) is 11.2. The fraction of sp³-hybridized carbons (Fsp3) is 0.800. The van der Waals surface area contributed by atoms with E-state index < -0.39 is 17.9 Å². The molecular weight excluding hydrogens is 408 g/mol. The Morgan fingerprint density at radius 2 is 1.84 bits per heavy atom. The number of likely N-dealkylation sites (tertiary alicyclic amines) is 1.